The van der Waals surface area contributed by atoms with Gasteiger partial charge in [-0.1, -0.05) is 110 Å². The fourth-order valence-electron chi connectivity index (χ4n) is 4.33. The maximum Gasteiger partial charge on any atom is 0.261 e. The third-order valence-corrected chi connectivity index (χ3v) is 6.72. The lowest BCUT2D eigenvalue weighted by molar-refractivity contribution is -0.142. The van der Waals surface area contributed by atoms with Crippen molar-refractivity contribution >= 4 is 34.2 Å². The van der Waals surface area contributed by atoms with Crippen LogP contribution < -0.4 is 10.1 Å². The van der Waals surface area contributed by atoms with Gasteiger partial charge in [0.2, 0.25) is 5.91 Å². The van der Waals surface area contributed by atoms with Gasteiger partial charge in [-0.15, -0.1) is 0 Å². The molecule has 0 aromatic heterocycles. The highest BCUT2D eigenvalue weighted by atomic mass is 35.5. The number of fused-ring (bicyclic) bond motifs is 1. The Bertz CT molecular complexity index is 1370. The summed E-state index contributed by atoms with van der Waals surface area (Å²) in [7, 11) is 0. The number of benzene rings is 4. The molecule has 1 N–H and O–H groups in total. The van der Waals surface area contributed by atoms with Gasteiger partial charge in [-0.2, -0.15) is 0 Å². The Morgan fingerprint density at radius 1 is 0.868 bits per heavy atom. The summed E-state index contributed by atoms with van der Waals surface area (Å²) in [5.41, 5.74) is 1.73. The molecule has 0 aliphatic rings. The van der Waals surface area contributed by atoms with Crippen LogP contribution in [-0.4, -0.2) is 35.9 Å². The molecule has 196 valence electrons. The summed E-state index contributed by atoms with van der Waals surface area (Å²) in [6.45, 7) is 4.57. The number of nitrogens with one attached hydrogen (secondary N) is 1. The molecular weight excluding hydrogens is 496 g/mol. The summed E-state index contributed by atoms with van der Waals surface area (Å²) in [5.74, 6) is 0.406. The molecule has 4 rings (SSSR count). The molecule has 0 bridgehead atoms. The number of ether oxygens (including phenoxy) is 1. The standard InChI is InChI=1S/C32H33ClN2O3/c1-23(2)20-34-32(37)29(19-24-11-4-3-5-12-24)35(21-26-14-7-9-17-28(26)33)31(36)22-38-30-18-10-15-25-13-6-8-16-27(25)30/h3-18,23,29H,19-22H2,1-2H3,(H,34,37)/t29-/m1/s1. The van der Waals surface area contributed by atoms with E-state index >= 15 is 0 Å². The maximum absolute atomic E-state index is 13.8. The number of hydrogen-bond donors (Lipinski definition) is 1. The zero-order valence-corrected chi connectivity index (χ0v) is 22.5. The highest BCUT2D eigenvalue weighted by molar-refractivity contribution is 6.31. The molecule has 38 heavy (non-hydrogen) atoms. The van der Waals surface area contributed by atoms with Crippen LogP contribution in [0, 0.1) is 5.92 Å². The number of amides is 2. The van der Waals surface area contributed by atoms with Crippen LogP contribution in [-0.2, 0) is 22.6 Å². The summed E-state index contributed by atoms with van der Waals surface area (Å²) in [6.07, 6.45) is 0.370. The lowest BCUT2D eigenvalue weighted by Gasteiger charge is -2.32. The number of nitrogens with zero attached hydrogens (tertiary/aromatic N) is 1. The van der Waals surface area contributed by atoms with E-state index in [1.165, 1.54) is 0 Å². The molecule has 0 fully saturated rings. The van der Waals surface area contributed by atoms with E-state index in [1.54, 1.807) is 11.0 Å². The van der Waals surface area contributed by atoms with Crippen molar-refractivity contribution in [2.45, 2.75) is 32.9 Å². The third-order valence-electron chi connectivity index (χ3n) is 6.35. The first-order valence-electron chi connectivity index (χ1n) is 12.9. The van der Waals surface area contributed by atoms with Crippen molar-refractivity contribution in [1.29, 1.82) is 0 Å². The predicted octanol–water partition coefficient (Wildman–Crippen LogP) is 6.28. The molecule has 0 saturated heterocycles. The van der Waals surface area contributed by atoms with Crippen LogP contribution >= 0.6 is 11.6 Å². The van der Waals surface area contributed by atoms with Gasteiger partial charge in [-0.25, -0.2) is 0 Å². The van der Waals surface area contributed by atoms with Crippen molar-refractivity contribution in [1.82, 2.24) is 10.2 Å². The first-order chi connectivity index (χ1) is 18.4. The van der Waals surface area contributed by atoms with Crippen molar-refractivity contribution in [3.05, 3.63) is 113 Å². The molecule has 0 unspecified atom stereocenters. The highest BCUT2D eigenvalue weighted by Crippen LogP contribution is 2.26. The number of hydrogen-bond acceptors (Lipinski definition) is 3. The zero-order chi connectivity index (χ0) is 26.9. The van der Waals surface area contributed by atoms with Crippen LogP contribution in [0.4, 0.5) is 0 Å². The molecule has 0 heterocycles. The lowest BCUT2D eigenvalue weighted by Crippen LogP contribution is -2.52. The Kier molecular flexibility index (Phi) is 9.39. The molecule has 1 atom stereocenters. The van der Waals surface area contributed by atoms with Crippen molar-refractivity contribution in [2.24, 2.45) is 5.92 Å². The van der Waals surface area contributed by atoms with Gasteiger partial charge >= 0.3 is 0 Å². The molecule has 4 aromatic rings. The van der Waals surface area contributed by atoms with Gasteiger partial charge in [-0.05, 0) is 34.6 Å². The minimum absolute atomic E-state index is 0.185. The van der Waals surface area contributed by atoms with Crippen molar-refractivity contribution in [2.75, 3.05) is 13.2 Å². The van der Waals surface area contributed by atoms with Crippen LogP contribution in [0.2, 0.25) is 5.02 Å². The molecule has 5 nitrogen and oxygen atoms in total. The molecule has 0 radical (unpaired) electrons. The average Bonchev–Trinajstić information content (AvgIpc) is 2.93. The number of halogens is 1. The van der Waals surface area contributed by atoms with E-state index in [2.05, 4.69) is 5.32 Å². The second-order valence-electron chi connectivity index (χ2n) is 9.72. The third kappa shape index (κ3) is 7.14. The Hall–Kier alpha value is -3.83. The monoisotopic (exact) mass is 528 g/mol. The Morgan fingerprint density at radius 2 is 1.55 bits per heavy atom. The van der Waals surface area contributed by atoms with E-state index in [0.717, 1.165) is 21.9 Å². The first kappa shape index (κ1) is 27.2. The van der Waals surface area contributed by atoms with Crippen LogP contribution in [0.3, 0.4) is 0 Å². The van der Waals surface area contributed by atoms with Gasteiger partial charge < -0.3 is 15.0 Å². The van der Waals surface area contributed by atoms with E-state index in [-0.39, 0.29) is 30.9 Å². The summed E-state index contributed by atoms with van der Waals surface area (Å²) < 4.78 is 6.05. The van der Waals surface area contributed by atoms with Crippen LogP contribution in [0.1, 0.15) is 25.0 Å². The molecule has 2 amide bonds. The summed E-state index contributed by atoms with van der Waals surface area (Å²) in [5, 5.41) is 5.53. The van der Waals surface area contributed by atoms with Crippen molar-refractivity contribution in [3.8, 4) is 5.75 Å². The Morgan fingerprint density at radius 3 is 2.32 bits per heavy atom. The largest absolute Gasteiger partial charge is 0.483 e. The molecule has 0 aliphatic carbocycles. The van der Waals surface area contributed by atoms with Gasteiger partial charge in [0.15, 0.2) is 6.61 Å². The highest BCUT2D eigenvalue weighted by Gasteiger charge is 2.31. The van der Waals surface area contributed by atoms with Gasteiger partial charge in [0, 0.05) is 29.9 Å². The maximum atomic E-state index is 13.8. The summed E-state index contributed by atoms with van der Waals surface area (Å²) in [4.78, 5) is 29.0. The molecule has 4 aromatic carbocycles. The number of rotatable bonds is 11. The first-order valence-corrected chi connectivity index (χ1v) is 13.2. The van der Waals surface area contributed by atoms with Gasteiger partial charge in [0.05, 0.1) is 0 Å². The Labute approximate surface area is 229 Å². The normalized spacial score (nSPS) is 11.8. The fraction of sp³-hybridized carbons (Fsp3) is 0.250. The quantitative estimate of drug-likeness (QED) is 0.249. The minimum Gasteiger partial charge on any atom is -0.483 e. The van der Waals surface area contributed by atoms with E-state index in [1.807, 2.05) is 105 Å². The Balaban J connectivity index is 1.64. The van der Waals surface area contributed by atoms with Gasteiger partial charge in [0.1, 0.15) is 11.8 Å². The number of carbonyl (C=O) groups is 2. The van der Waals surface area contributed by atoms with Gasteiger partial charge in [-0.3, -0.25) is 9.59 Å². The second-order valence-corrected chi connectivity index (χ2v) is 10.1. The smallest absolute Gasteiger partial charge is 0.261 e. The molecule has 0 spiro atoms. The second kappa shape index (κ2) is 13.1. The molecule has 0 saturated carbocycles. The van der Waals surface area contributed by atoms with Crippen LogP contribution in [0.15, 0.2) is 97.1 Å². The minimum atomic E-state index is -0.740. The van der Waals surface area contributed by atoms with Crippen molar-refractivity contribution in [3.63, 3.8) is 0 Å². The topological polar surface area (TPSA) is 58.6 Å². The fourth-order valence-corrected chi connectivity index (χ4v) is 4.53. The SMILES string of the molecule is CC(C)CNC(=O)[C@@H](Cc1ccccc1)N(Cc1ccccc1Cl)C(=O)COc1cccc2ccccc12. The lowest BCUT2D eigenvalue weighted by atomic mass is 10.0. The predicted molar refractivity (Wildman–Crippen MR) is 153 cm³/mol. The van der Waals surface area contributed by atoms with E-state index < -0.39 is 6.04 Å². The summed E-state index contributed by atoms with van der Waals surface area (Å²) in [6, 6.07) is 30.0. The van der Waals surface area contributed by atoms with E-state index in [4.69, 9.17) is 16.3 Å². The van der Waals surface area contributed by atoms with Crippen molar-refractivity contribution < 1.29 is 14.3 Å². The number of carbonyl (C=O) groups excluding carboxylic acids is 2. The van der Waals surface area contributed by atoms with Crippen LogP contribution in [0.25, 0.3) is 10.8 Å². The average molecular weight is 529 g/mol. The molecule has 6 heteroatoms. The molecule has 0 aliphatic heterocycles. The van der Waals surface area contributed by atoms with E-state index in [0.29, 0.717) is 23.7 Å². The van der Waals surface area contributed by atoms with E-state index in [9.17, 15) is 9.59 Å². The molecular formula is C32H33ClN2O3. The van der Waals surface area contributed by atoms with Gasteiger partial charge in [0.25, 0.3) is 5.91 Å². The van der Waals surface area contributed by atoms with Crippen LogP contribution in [0.5, 0.6) is 5.75 Å². The summed E-state index contributed by atoms with van der Waals surface area (Å²) >= 11 is 6.49. The zero-order valence-electron chi connectivity index (χ0n) is 21.8.